The molecule has 0 radical (unpaired) electrons. The number of rotatable bonds is 6. The van der Waals surface area contributed by atoms with Crippen molar-refractivity contribution in [2.45, 2.75) is 56.7 Å². The van der Waals surface area contributed by atoms with Crippen LogP contribution in [0.25, 0.3) is 0 Å². The van der Waals surface area contributed by atoms with Crippen LogP contribution in [0.1, 0.15) is 47.2 Å². The second-order valence-electron chi connectivity index (χ2n) is 8.76. The number of hydrogen-bond acceptors (Lipinski definition) is 3. The summed E-state index contributed by atoms with van der Waals surface area (Å²) < 4.78 is 64.5. The molecular weight excluding hydrogens is 436 g/mol. The van der Waals surface area contributed by atoms with Crippen LogP contribution in [-0.2, 0) is 10.7 Å². The first-order valence-electron chi connectivity index (χ1n) is 10.9. The molecule has 2 aliphatic heterocycles. The van der Waals surface area contributed by atoms with Gasteiger partial charge in [-0.25, -0.2) is 8.78 Å². The lowest BCUT2D eigenvalue weighted by Crippen LogP contribution is -2.47. The number of allylic oxidation sites excluding steroid dienone is 1. The molecule has 2 fully saturated rings. The second kappa shape index (κ2) is 8.82. The Hall–Kier alpha value is -2.87. The second-order valence-corrected chi connectivity index (χ2v) is 8.76. The molecule has 4 nitrogen and oxygen atoms in total. The van der Waals surface area contributed by atoms with Crippen molar-refractivity contribution < 1.29 is 27.1 Å². The number of anilines is 1. The van der Waals surface area contributed by atoms with E-state index in [1.54, 1.807) is 12.0 Å². The molecule has 2 saturated heterocycles. The average molecular weight is 462 g/mol. The van der Waals surface area contributed by atoms with Crippen LogP contribution in [0.2, 0.25) is 0 Å². The SMILES string of the molecule is C=C(N1C2CC[C@@H]1CC(OC)C2)C(F)(F)c1cc(C(=O)Nc2ccc(F)c(C)c2)ccc1F. The Morgan fingerprint density at radius 2 is 1.73 bits per heavy atom. The van der Waals surface area contributed by atoms with Gasteiger partial charge in [0.25, 0.3) is 5.91 Å². The van der Waals surface area contributed by atoms with Crippen molar-refractivity contribution in [2.75, 3.05) is 12.4 Å². The van der Waals surface area contributed by atoms with E-state index in [0.29, 0.717) is 24.1 Å². The summed E-state index contributed by atoms with van der Waals surface area (Å²) in [6.45, 7) is 5.19. The van der Waals surface area contributed by atoms with E-state index >= 15 is 8.78 Å². The summed E-state index contributed by atoms with van der Waals surface area (Å²) in [5.74, 6) is -5.95. The summed E-state index contributed by atoms with van der Waals surface area (Å²) in [6, 6.07) is 6.56. The van der Waals surface area contributed by atoms with Gasteiger partial charge in [-0.3, -0.25) is 4.79 Å². The fraction of sp³-hybridized carbons (Fsp3) is 0.400. The fourth-order valence-electron chi connectivity index (χ4n) is 4.91. The first-order chi connectivity index (χ1) is 15.6. The number of piperidine rings is 1. The summed E-state index contributed by atoms with van der Waals surface area (Å²) in [7, 11) is 1.61. The van der Waals surface area contributed by atoms with Crippen LogP contribution in [0.3, 0.4) is 0 Å². The molecule has 0 spiro atoms. The Bertz CT molecular complexity index is 1070. The topological polar surface area (TPSA) is 41.6 Å². The molecule has 0 saturated carbocycles. The molecule has 0 aliphatic carbocycles. The number of benzene rings is 2. The minimum atomic E-state index is -3.70. The number of halogens is 4. The fourth-order valence-corrected chi connectivity index (χ4v) is 4.91. The molecule has 176 valence electrons. The first-order valence-corrected chi connectivity index (χ1v) is 10.9. The van der Waals surface area contributed by atoms with Gasteiger partial charge in [-0.15, -0.1) is 0 Å². The largest absolute Gasteiger partial charge is 0.381 e. The van der Waals surface area contributed by atoms with Gasteiger partial charge >= 0.3 is 5.92 Å². The molecule has 4 rings (SSSR count). The number of amides is 1. The van der Waals surface area contributed by atoms with E-state index < -0.39 is 34.7 Å². The van der Waals surface area contributed by atoms with Gasteiger partial charge in [-0.2, -0.15) is 8.78 Å². The molecule has 2 aromatic rings. The predicted octanol–water partition coefficient (Wildman–Crippen LogP) is 5.77. The van der Waals surface area contributed by atoms with Crippen LogP contribution in [0, 0.1) is 18.6 Å². The highest BCUT2D eigenvalue weighted by molar-refractivity contribution is 6.04. The summed E-state index contributed by atoms with van der Waals surface area (Å²) in [6.07, 6.45) is 2.75. The lowest BCUT2D eigenvalue weighted by atomic mass is 9.95. The van der Waals surface area contributed by atoms with Gasteiger partial charge in [0, 0.05) is 30.4 Å². The molecule has 2 heterocycles. The van der Waals surface area contributed by atoms with Gasteiger partial charge in [0.15, 0.2) is 0 Å². The lowest BCUT2D eigenvalue weighted by Gasteiger charge is -2.43. The lowest BCUT2D eigenvalue weighted by molar-refractivity contribution is -0.0357. The Morgan fingerprint density at radius 3 is 2.33 bits per heavy atom. The third-order valence-corrected chi connectivity index (χ3v) is 6.68. The van der Waals surface area contributed by atoms with Crippen molar-refractivity contribution in [2.24, 2.45) is 0 Å². The molecule has 0 aromatic heterocycles. The van der Waals surface area contributed by atoms with E-state index in [0.717, 1.165) is 31.0 Å². The van der Waals surface area contributed by atoms with Crippen molar-refractivity contribution in [1.29, 1.82) is 0 Å². The van der Waals surface area contributed by atoms with Crippen molar-refractivity contribution >= 4 is 11.6 Å². The molecule has 33 heavy (non-hydrogen) atoms. The highest BCUT2D eigenvalue weighted by atomic mass is 19.3. The maximum Gasteiger partial charge on any atom is 0.314 e. The van der Waals surface area contributed by atoms with Gasteiger partial charge in [0.05, 0.1) is 17.4 Å². The number of hydrogen-bond donors (Lipinski definition) is 1. The molecule has 2 aliphatic rings. The molecule has 8 heteroatoms. The summed E-state index contributed by atoms with van der Waals surface area (Å²) in [5, 5.41) is 2.53. The zero-order valence-corrected chi connectivity index (χ0v) is 18.5. The number of nitrogens with one attached hydrogen (secondary N) is 1. The number of fused-ring (bicyclic) bond motifs is 2. The number of nitrogens with zero attached hydrogens (tertiary/aromatic N) is 1. The van der Waals surface area contributed by atoms with Gasteiger partial charge in [-0.1, -0.05) is 6.58 Å². The summed E-state index contributed by atoms with van der Waals surface area (Å²) in [4.78, 5) is 14.3. The van der Waals surface area contributed by atoms with E-state index in [-0.39, 0.29) is 23.8 Å². The number of carbonyl (C=O) groups is 1. The Balaban J connectivity index is 1.58. The van der Waals surface area contributed by atoms with E-state index in [9.17, 15) is 13.6 Å². The average Bonchev–Trinajstić information content (AvgIpc) is 3.04. The number of alkyl halides is 2. The third kappa shape index (κ3) is 4.36. The summed E-state index contributed by atoms with van der Waals surface area (Å²) in [5.41, 5.74) is -0.873. The van der Waals surface area contributed by atoms with E-state index in [2.05, 4.69) is 11.9 Å². The molecule has 1 amide bonds. The predicted molar refractivity (Wildman–Crippen MR) is 117 cm³/mol. The van der Waals surface area contributed by atoms with Gasteiger partial charge in [-0.05, 0) is 74.6 Å². The van der Waals surface area contributed by atoms with Gasteiger partial charge < -0.3 is 15.0 Å². The van der Waals surface area contributed by atoms with E-state index in [1.807, 2.05) is 0 Å². The van der Waals surface area contributed by atoms with Crippen molar-refractivity contribution in [3.63, 3.8) is 0 Å². The monoisotopic (exact) mass is 462 g/mol. The number of aryl methyl sites for hydroxylation is 1. The van der Waals surface area contributed by atoms with Gasteiger partial charge in [0.1, 0.15) is 11.6 Å². The van der Waals surface area contributed by atoms with Crippen LogP contribution >= 0.6 is 0 Å². The molecule has 2 bridgehead atoms. The normalized spacial score (nSPS) is 22.4. The zero-order chi connectivity index (χ0) is 23.9. The third-order valence-electron chi connectivity index (χ3n) is 6.68. The van der Waals surface area contributed by atoms with Crippen LogP contribution < -0.4 is 5.32 Å². The molecule has 3 atom stereocenters. The number of methoxy groups -OCH3 is 1. The molecule has 2 unspecified atom stereocenters. The number of carbonyl (C=O) groups excluding carboxylic acids is 1. The first kappa shape index (κ1) is 23.3. The van der Waals surface area contributed by atoms with E-state index in [4.69, 9.17) is 4.74 Å². The summed E-state index contributed by atoms with van der Waals surface area (Å²) >= 11 is 0. The smallest absolute Gasteiger partial charge is 0.314 e. The van der Waals surface area contributed by atoms with Crippen molar-refractivity contribution in [3.8, 4) is 0 Å². The van der Waals surface area contributed by atoms with Crippen LogP contribution in [-0.4, -0.2) is 36.1 Å². The Kier molecular flexibility index (Phi) is 6.22. The molecular formula is C25H26F4N2O2. The van der Waals surface area contributed by atoms with Crippen LogP contribution in [0.5, 0.6) is 0 Å². The van der Waals surface area contributed by atoms with Crippen LogP contribution in [0.15, 0.2) is 48.7 Å². The maximum absolute atomic E-state index is 15.5. The standard InChI is InChI=1S/C25H26F4N2O2/c1-14-10-17(5-9-22(14)26)30-24(32)16-4-8-23(27)21(11-16)25(28,29)15(2)31-18-6-7-19(31)13-20(12-18)33-3/h4-5,8-11,18-20H,2,6-7,12-13H2,1,3H3,(H,30,32)/t18-,19?,20?/m1/s1. The minimum absolute atomic E-state index is 0.0130. The van der Waals surface area contributed by atoms with Crippen molar-refractivity contribution in [1.82, 2.24) is 4.90 Å². The quantitative estimate of drug-likeness (QED) is 0.554. The highest BCUT2D eigenvalue weighted by Crippen LogP contribution is 2.46. The Morgan fingerprint density at radius 1 is 1.09 bits per heavy atom. The van der Waals surface area contributed by atoms with Gasteiger partial charge in [0.2, 0.25) is 0 Å². The molecule has 1 N–H and O–H groups in total. The molecule has 2 aromatic carbocycles. The number of ether oxygens (including phenoxy) is 1. The van der Waals surface area contributed by atoms with Crippen molar-refractivity contribution in [3.05, 3.63) is 77.0 Å². The zero-order valence-electron chi connectivity index (χ0n) is 18.5. The van der Waals surface area contributed by atoms with E-state index in [1.165, 1.54) is 25.1 Å². The minimum Gasteiger partial charge on any atom is -0.381 e. The highest BCUT2D eigenvalue weighted by Gasteiger charge is 2.49. The van der Waals surface area contributed by atoms with Crippen LogP contribution in [0.4, 0.5) is 23.2 Å². The Labute approximate surface area is 190 Å². The maximum atomic E-state index is 15.5.